The van der Waals surface area contributed by atoms with E-state index in [1.54, 1.807) is 0 Å². The Morgan fingerprint density at radius 2 is 1.82 bits per heavy atom. The van der Waals surface area contributed by atoms with Crippen molar-refractivity contribution in [1.29, 1.82) is 0 Å². The molecule has 3 aromatic carbocycles. The Labute approximate surface area is 164 Å². The first-order valence-corrected chi connectivity index (χ1v) is 9.56. The molecular formula is C24H21N3O. The fraction of sp³-hybridized carbons (Fsp3) is 0.167. The first-order valence-electron chi connectivity index (χ1n) is 9.56. The lowest BCUT2D eigenvalue weighted by Crippen LogP contribution is -2.28. The van der Waals surface area contributed by atoms with Gasteiger partial charge in [-0.1, -0.05) is 35.9 Å². The van der Waals surface area contributed by atoms with Gasteiger partial charge >= 0.3 is 0 Å². The summed E-state index contributed by atoms with van der Waals surface area (Å²) in [5.41, 5.74) is 8.32. The highest BCUT2D eigenvalue weighted by Crippen LogP contribution is 2.30. The van der Waals surface area contributed by atoms with Crippen molar-refractivity contribution in [3.05, 3.63) is 89.2 Å². The molecule has 4 heteroatoms. The third kappa shape index (κ3) is 2.61. The molecule has 0 fully saturated rings. The summed E-state index contributed by atoms with van der Waals surface area (Å²) >= 11 is 0. The van der Waals surface area contributed by atoms with Crippen molar-refractivity contribution < 1.29 is 4.79 Å². The van der Waals surface area contributed by atoms with Crippen LogP contribution in [0, 0.1) is 13.8 Å². The molecule has 0 spiro atoms. The molecule has 0 unspecified atom stereocenters. The lowest BCUT2D eigenvalue weighted by molar-refractivity contribution is 0.0989. The normalized spacial score (nSPS) is 13.1. The molecule has 1 aliphatic heterocycles. The third-order valence-electron chi connectivity index (χ3n) is 5.54. The molecule has 4 nitrogen and oxygen atoms in total. The van der Waals surface area contributed by atoms with Crippen molar-refractivity contribution in [3.63, 3.8) is 0 Å². The average molecular weight is 367 g/mol. The maximum atomic E-state index is 13.1. The molecule has 0 atom stereocenters. The van der Waals surface area contributed by atoms with Crippen LogP contribution in [0.2, 0.25) is 0 Å². The summed E-state index contributed by atoms with van der Waals surface area (Å²) in [7, 11) is 0. The molecule has 2 heterocycles. The van der Waals surface area contributed by atoms with Crippen LogP contribution in [0.1, 0.15) is 27.0 Å². The van der Waals surface area contributed by atoms with Crippen LogP contribution >= 0.6 is 0 Å². The predicted molar refractivity (Wildman–Crippen MR) is 112 cm³/mol. The molecule has 1 amide bonds. The lowest BCUT2D eigenvalue weighted by Gasteiger charge is -2.17. The van der Waals surface area contributed by atoms with Gasteiger partial charge in [-0.15, -0.1) is 0 Å². The zero-order chi connectivity index (χ0) is 19.3. The second kappa shape index (κ2) is 6.34. The standard InChI is InChI=1S/C24H21N3O/c1-16-7-9-21(17(2)13-16)27-15-25-20-14-19(8-10-23(20)27)24(28)26-12-11-18-5-3-4-6-22(18)26/h3-10,13-15H,11-12H2,1-2H3. The summed E-state index contributed by atoms with van der Waals surface area (Å²) in [6.07, 6.45) is 2.74. The van der Waals surface area contributed by atoms with Crippen molar-refractivity contribution in [2.75, 3.05) is 11.4 Å². The number of imidazole rings is 1. The Balaban J connectivity index is 1.52. The Bertz CT molecular complexity index is 1220. The Morgan fingerprint density at radius 3 is 2.68 bits per heavy atom. The lowest BCUT2D eigenvalue weighted by atomic mass is 10.1. The number of anilines is 1. The molecule has 0 saturated heterocycles. The topological polar surface area (TPSA) is 38.1 Å². The van der Waals surface area contributed by atoms with Crippen LogP contribution in [-0.2, 0) is 6.42 Å². The van der Waals surface area contributed by atoms with E-state index in [1.165, 1.54) is 16.7 Å². The minimum absolute atomic E-state index is 0.0351. The minimum Gasteiger partial charge on any atom is -0.308 e. The Kier molecular flexibility index (Phi) is 3.79. The van der Waals surface area contributed by atoms with E-state index >= 15 is 0 Å². The minimum atomic E-state index is 0.0351. The van der Waals surface area contributed by atoms with E-state index in [2.05, 4.69) is 47.7 Å². The number of aromatic nitrogens is 2. The first-order chi connectivity index (χ1) is 13.6. The van der Waals surface area contributed by atoms with Crippen LogP contribution in [0.4, 0.5) is 5.69 Å². The quantitative estimate of drug-likeness (QED) is 0.508. The summed E-state index contributed by atoms with van der Waals surface area (Å²) in [6.45, 7) is 4.93. The summed E-state index contributed by atoms with van der Waals surface area (Å²) < 4.78 is 2.09. The molecule has 0 radical (unpaired) electrons. The number of aryl methyl sites for hydroxylation is 2. The molecular weight excluding hydrogens is 346 g/mol. The van der Waals surface area contributed by atoms with Crippen molar-refractivity contribution >= 4 is 22.6 Å². The van der Waals surface area contributed by atoms with Crippen LogP contribution in [0.5, 0.6) is 0 Å². The summed E-state index contributed by atoms with van der Waals surface area (Å²) in [5, 5.41) is 0. The molecule has 1 aliphatic rings. The van der Waals surface area contributed by atoms with E-state index in [1.807, 2.05) is 47.6 Å². The van der Waals surface area contributed by atoms with Crippen molar-refractivity contribution in [2.24, 2.45) is 0 Å². The first kappa shape index (κ1) is 16.8. The number of rotatable bonds is 2. The number of carbonyl (C=O) groups excluding carboxylic acids is 1. The molecule has 0 aliphatic carbocycles. The van der Waals surface area contributed by atoms with Gasteiger partial charge < -0.3 is 4.90 Å². The predicted octanol–water partition coefficient (Wildman–Crippen LogP) is 4.85. The van der Waals surface area contributed by atoms with E-state index < -0.39 is 0 Å². The Morgan fingerprint density at radius 1 is 0.964 bits per heavy atom. The third-order valence-corrected chi connectivity index (χ3v) is 5.54. The maximum absolute atomic E-state index is 13.1. The second-order valence-corrected chi connectivity index (χ2v) is 7.44. The zero-order valence-electron chi connectivity index (χ0n) is 16.0. The SMILES string of the molecule is Cc1ccc(-n2cnc3cc(C(=O)N4CCc5ccccc54)ccc32)c(C)c1. The van der Waals surface area contributed by atoms with Crippen molar-refractivity contribution in [1.82, 2.24) is 9.55 Å². The summed E-state index contributed by atoms with van der Waals surface area (Å²) in [6, 6.07) is 20.3. The Hall–Kier alpha value is -3.40. The number of hydrogen-bond donors (Lipinski definition) is 0. The van der Waals surface area contributed by atoms with Gasteiger partial charge in [0.2, 0.25) is 0 Å². The van der Waals surface area contributed by atoms with Gasteiger partial charge in [0.05, 0.1) is 16.7 Å². The van der Waals surface area contributed by atoms with E-state index in [9.17, 15) is 4.79 Å². The van der Waals surface area contributed by atoms with Crippen molar-refractivity contribution in [3.8, 4) is 5.69 Å². The van der Waals surface area contributed by atoms with Crippen LogP contribution in [0.3, 0.4) is 0 Å². The number of amides is 1. The smallest absolute Gasteiger partial charge is 0.258 e. The maximum Gasteiger partial charge on any atom is 0.258 e. The van der Waals surface area contributed by atoms with Gasteiger partial charge in [0.25, 0.3) is 5.91 Å². The van der Waals surface area contributed by atoms with Gasteiger partial charge in [0, 0.05) is 17.8 Å². The van der Waals surface area contributed by atoms with Gasteiger partial charge in [-0.05, 0) is 61.7 Å². The fourth-order valence-corrected chi connectivity index (χ4v) is 4.12. The molecule has 0 bridgehead atoms. The van der Waals surface area contributed by atoms with Crippen molar-refractivity contribution in [2.45, 2.75) is 20.3 Å². The van der Waals surface area contributed by atoms with Crippen LogP contribution < -0.4 is 4.90 Å². The van der Waals surface area contributed by atoms with Crippen LogP contribution in [0.25, 0.3) is 16.7 Å². The van der Waals surface area contributed by atoms with Gasteiger partial charge in [-0.2, -0.15) is 0 Å². The second-order valence-electron chi connectivity index (χ2n) is 7.44. The zero-order valence-corrected chi connectivity index (χ0v) is 16.0. The number of para-hydroxylation sites is 1. The van der Waals surface area contributed by atoms with Gasteiger partial charge in [0.15, 0.2) is 0 Å². The van der Waals surface area contributed by atoms with Crippen LogP contribution in [0.15, 0.2) is 67.0 Å². The average Bonchev–Trinajstić information content (AvgIpc) is 3.31. The van der Waals surface area contributed by atoms with Gasteiger partial charge in [0.1, 0.15) is 6.33 Å². The fourth-order valence-electron chi connectivity index (χ4n) is 4.12. The number of nitrogens with zero attached hydrogens (tertiary/aromatic N) is 3. The molecule has 5 rings (SSSR count). The summed E-state index contributed by atoms with van der Waals surface area (Å²) in [5.74, 6) is 0.0351. The van der Waals surface area contributed by atoms with E-state index in [4.69, 9.17) is 0 Å². The molecule has 0 saturated carbocycles. The van der Waals surface area contributed by atoms with Gasteiger partial charge in [-0.3, -0.25) is 9.36 Å². The van der Waals surface area contributed by atoms with E-state index in [0.717, 1.165) is 35.4 Å². The number of benzene rings is 3. The molecule has 28 heavy (non-hydrogen) atoms. The highest BCUT2D eigenvalue weighted by Gasteiger charge is 2.25. The largest absolute Gasteiger partial charge is 0.308 e. The molecule has 1 aromatic heterocycles. The highest BCUT2D eigenvalue weighted by molar-refractivity contribution is 6.08. The van der Waals surface area contributed by atoms with E-state index in [-0.39, 0.29) is 5.91 Å². The molecule has 4 aromatic rings. The van der Waals surface area contributed by atoms with Gasteiger partial charge in [-0.25, -0.2) is 4.98 Å². The number of carbonyl (C=O) groups is 1. The number of hydrogen-bond acceptors (Lipinski definition) is 2. The number of fused-ring (bicyclic) bond motifs is 2. The van der Waals surface area contributed by atoms with E-state index in [0.29, 0.717) is 5.56 Å². The van der Waals surface area contributed by atoms with Crippen LogP contribution in [-0.4, -0.2) is 22.0 Å². The highest BCUT2D eigenvalue weighted by atomic mass is 16.2. The monoisotopic (exact) mass is 367 g/mol. The summed E-state index contributed by atoms with van der Waals surface area (Å²) in [4.78, 5) is 19.6. The molecule has 0 N–H and O–H groups in total. The molecule has 138 valence electrons.